The molecule has 7 nitrogen and oxygen atoms in total. The van der Waals surface area contributed by atoms with Crippen molar-refractivity contribution >= 4 is 11.8 Å². The Hall–Kier alpha value is -2.29. The van der Waals surface area contributed by atoms with Crippen molar-refractivity contribution in [1.29, 1.82) is 0 Å². The van der Waals surface area contributed by atoms with Crippen molar-refractivity contribution in [3.05, 3.63) is 23.4 Å². The maximum absolute atomic E-state index is 13.8. The third-order valence-electron chi connectivity index (χ3n) is 5.42. The number of likely N-dealkylation sites (tertiary alicyclic amines) is 1. The number of aromatic nitrogens is 1. The predicted octanol–water partition coefficient (Wildman–Crippen LogP) is 1.85. The maximum Gasteiger partial charge on any atom is 0.273 e. The molecule has 1 saturated carbocycles. The highest BCUT2D eigenvalue weighted by atomic mass is 19.3. The molecule has 2 aliphatic heterocycles. The monoisotopic (exact) mass is 395 g/mol. The van der Waals surface area contributed by atoms with Crippen LogP contribution in [0.15, 0.2) is 12.1 Å². The fourth-order valence-electron chi connectivity index (χ4n) is 3.77. The molecule has 1 aliphatic carbocycles. The summed E-state index contributed by atoms with van der Waals surface area (Å²) in [7, 11) is 0. The van der Waals surface area contributed by atoms with Crippen LogP contribution in [0.1, 0.15) is 54.1 Å². The van der Waals surface area contributed by atoms with Crippen LogP contribution in [0.3, 0.4) is 0 Å². The minimum Gasteiger partial charge on any atom is -0.475 e. The molecule has 0 bridgehead atoms. The Balaban J connectivity index is 1.55. The number of primary amides is 1. The van der Waals surface area contributed by atoms with E-state index in [1.54, 1.807) is 6.07 Å². The van der Waals surface area contributed by atoms with Crippen LogP contribution in [0, 0.1) is 0 Å². The molecule has 152 valence electrons. The number of hydrogen-bond donors (Lipinski definition) is 1. The largest absolute Gasteiger partial charge is 0.475 e. The molecule has 3 fully saturated rings. The number of halogens is 2. The maximum atomic E-state index is 13.8. The standard InChI is InChI=1S/C19H23F2N3O4/c20-19(21)8-15(16(22)25)24(10-19)18(26)14-6-5-13(11-3-4-11)17(23-14)28-9-12-2-1-7-27-12/h5-6,11-12,15H,1-4,7-10H2,(H2,22,25). The quantitative estimate of drug-likeness (QED) is 0.793. The third kappa shape index (κ3) is 3.94. The van der Waals surface area contributed by atoms with Crippen LogP contribution in [0.25, 0.3) is 0 Å². The number of amides is 2. The molecule has 3 aliphatic rings. The van der Waals surface area contributed by atoms with Crippen molar-refractivity contribution in [3.63, 3.8) is 0 Å². The molecule has 3 heterocycles. The Labute approximate surface area is 161 Å². The van der Waals surface area contributed by atoms with Gasteiger partial charge in [0.25, 0.3) is 11.8 Å². The van der Waals surface area contributed by atoms with Crippen LogP contribution in [-0.2, 0) is 9.53 Å². The highest BCUT2D eigenvalue weighted by Gasteiger charge is 2.49. The number of nitrogens with zero attached hydrogens (tertiary/aromatic N) is 2. The van der Waals surface area contributed by atoms with Gasteiger partial charge in [-0.15, -0.1) is 0 Å². The van der Waals surface area contributed by atoms with Gasteiger partial charge in [0.2, 0.25) is 11.8 Å². The fourth-order valence-corrected chi connectivity index (χ4v) is 3.77. The summed E-state index contributed by atoms with van der Waals surface area (Å²) in [5.74, 6) is -4.17. The zero-order valence-electron chi connectivity index (χ0n) is 15.4. The molecule has 9 heteroatoms. The van der Waals surface area contributed by atoms with Gasteiger partial charge in [0.15, 0.2) is 0 Å². The minimum absolute atomic E-state index is 0.00951. The molecular weight excluding hydrogens is 372 g/mol. The molecule has 2 atom stereocenters. The molecule has 0 radical (unpaired) electrons. The van der Waals surface area contributed by atoms with E-state index in [0.29, 0.717) is 25.0 Å². The third-order valence-corrected chi connectivity index (χ3v) is 5.42. The van der Waals surface area contributed by atoms with E-state index >= 15 is 0 Å². The van der Waals surface area contributed by atoms with Crippen LogP contribution >= 0.6 is 0 Å². The zero-order valence-corrected chi connectivity index (χ0v) is 15.4. The Bertz CT molecular complexity index is 778. The Morgan fingerprint density at radius 2 is 2.11 bits per heavy atom. The van der Waals surface area contributed by atoms with E-state index in [1.807, 2.05) is 0 Å². The first kappa shape index (κ1) is 19.0. The first-order valence-electron chi connectivity index (χ1n) is 9.57. The van der Waals surface area contributed by atoms with Crippen molar-refractivity contribution < 1.29 is 27.8 Å². The Morgan fingerprint density at radius 1 is 1.32 bits per heavy atom. The number of hydrogen-bond acceptors (Lipinski definition) is 5. The topological polar surface area (TPSA) is 94.8 Å². The average molecular weight is 395 g/mol. The molecule has 4 rings (SSSR count). The van der Waals surface area contributed by atoms with Crippen molar-refractivity contribution in [1.82, 2.24) is 9.88 Å². The van der Waals surface area contributed by atoms with Gasteiger partial charge in [-0.1, -0.05) is 6.07 Å². The fraction of sp³-hybridized carbons (Fsp3) is 0.632. The summed E-state index contributed by atoms with van der Waals surface area (Å²) in [6.07, 6.45) is 3.15. The van der Waals surface area contributed by atoms with E-state index in [4.69, 9.17) is 15.2 Å². The van der Waals surface area contributed by atoms with Crippen LogP contribution in [0.4, 0.5) is 8.78 Å². The van der Waals surface area contributed by atoms with Crippen molar-refractivity contribution in [2.24, 2.45) is 5.73 Å². The number of ether oxygens (including phenoxy) is 2. The molecule has 1 aromatic heterocycles. The van der Waals surface area contributed by atoms with E-state index in [9.17, 15) is 18.4 Å². The van der Waals surface area contributed by atoms with Crippen LogP contribution < -0.4 is 10.5 Å². The number of carbonyl (C=O) groups excluding carboxylic acids is 2. The van der Waals surface area contributed by atoms with Crippen molar-refractivity contribution in [2.75, 3.05) is 19.8 Å². The zero-order chi connectivity index (χ0) is 19.9. The number of pyridine rings is 1. The molecule has 2 unspecified atom stereocenters. The summed E-state index contributed by atoms with van der Waals surface area (Å²) >= 11 is 0. The summed E-state index contributed by atoms with van der Waals surface area (Å²) in [5.41, 5.74) is 6.10. The summed E-state index contributed by atoms with van der Waals surface area (Å²) in [4.78, 5) is 29.5. The number of rotatable bonds is 6. The molecule has 2 amide bonds. The molecule has 2 N–H and O–H groups in total. The molecule has 2 saturated heterocycles. The van der Waals surface area contributed by atoms with E-state index in [0.717, 1.165) is 36.1 Å². The SMILES string of the molecule is NC(=O)C1CC(F)(F)CN1C(=O)c1ccc(C2CC2)c(OCC2CCCO2)n1. The summed E-state index contributed by atoms with van der Waals surface area (Å²) in [6.45, 7) is 0.181. The number of carbonyl (C=O) groups is 2. The summed E-state index contributed by atoms with van der Waals surface area (Å²) in [5, 5.41) is 0. The summed E-state index contributed by atoms with van der Waals surface area (Å²) < 4.78 is 38.9. The van der Waals surface area contributed by atoms with Gasteiger partial charge >= 0.3 is 0 Å². The van der Waals surface area contributed by atoms with Crippen LogP contribution in [0.5, 0.6) is 5.88 Å². The van der Waals surface area contributed by atoms with Crippen molar-refractivity contribution in [2.45, 2.75) is 56.1 Å². The van der Waals surface area contributed by atoms with Gasteiger partial charge in [-0.2, -0.15) is 0 Å². The van der Waals surface area contributed by atoms with Gasteiger partial charge in [0.1, 0.15) is 18.3 Å². The lowest BCUT2D eigenvalue weighted by molar-refractivity contribution is -0.121. The van der Waals surface area contributed by atoms with Gasteiger partial charge < -0.3 is 20.1 Å². The second kappa shape index (κ2) is 7.27. The van der Waals surface area contributed by atoms with E-state index in [-0.39, 0.29) is 11.8 Å². The first-order chi connectivity index (χ1) is 13.3. The minimum atomic E-state index is -3.15. The van der Waals surface area contributed by atoms with E-state index in [1.165, 1.54) is 6.07 Å². The van der Waals surface area contributed by atoms with Gasteiger partial charge in [-0.25, -0.2) is 13.8 Å². The van der Waals surface area contributed by atoms with Crippen LogP contribution in [-0.4, -0.2) is 59.5 Å². The first-order valence-corrected chi connectivity index (χ1v) is 9.57. The van der Waals surface area contributed by atoms with Gasteiger partial charge in [0, 0.05) is 18.6 Å². The van der Waals surface area contributed by atoms with Crippen molar-refractivity contribution in [3.8, 4) is 5.88 Å². The average Bonchev–Trinajstić information content (AvgIpc) is 3.25. The highest BCUT2D eigenvalue weighted by Crippen LogP contribution is 2.44. The van der Waals surface area contributed by atoms with E-state index in [2.05, 4.69) is 4.98 Å². The molecule has 1 aromatic rings. The smallest absolute Gasteiger partial charge is 0.273 e. The molecule has 0 spiro atoms. The Kier molecular flexibility index (Phi) is 4.95. The summed E-state index contributed by atoms with van der Waals surface area (Å²) in [6, 6.07) is 1.92. The lowest BCUT2D eigenvalue weighted by atomic mass is 10.1. The number of nitrogens with two attached hydrogens (primary N) is 1. The second-order valence-corrected chi connectivity index (χ2v) is 7.72. The van der Waals surface area contributed by atoms with Gasteiger partial charge in [-0.05, 0) is 37.7 Å². The predicted molar refractivity (Wildman–Crippen MR) is 94.3 cm³/mol. The van der Waals surface area contributed by atoms with Crippen LogP contribution in [0.2, 0.25) is 0 Å². The molecule has 0 aromatic carbocycles. The highest BCUT2D eigenvalue weighted by molar-refractivity contribution is 5.96. The van der Waals surface area contributed by atoms with Gasteiger partial charge in [-0.3, -0.25) is 9.59 Å². The normalized spacial score (nSPS) is 26.4. The second-order valence-electron chi connectivity index (χ2n) is 7.72. The Morgan fingerprint density at radius 3 is 2.75 bits per heavy atom. The van der Waals surface area contributed by atoms with E-state index < -0.39 is 36.7 Å². The molecular formula is C19H23F2N3O4. The van der Waals surface area contributed by atoms with Gasteiger partial charge in [0.05, 0.1) is 12.6 Å². The molecule has 28 heavy (non-hydrogen) atoms. The lowest BCUT2D eigenvalue weighted by Gasteiger charge is -2.22. The lowest BCUT2D eigenvalue weighted by Crippen LogP contribution is -2.44. The number of alkyl halides is 2.